The zero-order chi connectivity index (χ0) is 15.0. The Bertz CT molecular complexity index is 461. The Morgan fingerprint density at radius 2 is 2.10 bits per heavy atom. The summed E-state index contributed by atoms with van der Waals surface area (Å²) in [7, 11) is -1.73. The molecule has 0 bridgehead atoms. The van der Waals surface area contributed by atoms with Gasteiger partial charge >= 0.3 is 14.0 Å². The van der Waals surface area contributed by atoms with Gasteiger partial charge in [-0.3, -0.25) is 4.79 Å². The molecule has 0 spiro atoms. The number of rotatable bonds is 8. The normalized spacial score (nSPS) is 12.8. The van der Waals surface area contributed by atoms with Crippen molar-refractivity contribution < 1.29 is 23.7 Å². The number of carbonyl (C=O) groups is 1. The highest BCUT2D eigenvalue weighted by Gasteiger charge is 2.19. The van der Waals surface area contributed by atoms with Gasteiger partial charge in [0.25, 0.3) is 0 Å². The summed E-state index contributed by atoms with van der Waals surface area (Å²) in [5.74, 6) is -0.439. The lowest BCUT2D eigenvalue weighted by atomic mass is 10.0. The van der Waals surface area contributed by atoms with E-state index < -0.39 is 20.1 Å². The van der Waals surface area contributed by atoms with Crippen molar-refractivity contribution in [1.82, 2.24) is 0 Å². The molecule has 0 amide bonds. The van der Waals surface area contributed by atoms with Gasteiger partial charge in [-0.25, -0.2) is 0 Å². The molecule has 110 valence electrons. The van der Waals surface area contributed by atoms with Crippen LogP contribution < -0.4 is 0 Å². The summed E-state index contributed by atoms with van der Waals surface area (Å²) in [4.78, 5) is 11.3. The van der Waals surface area contributed by atoms with Crippen molar-refractivity contribution in [1.29, 1.82) is 0 Å². The molecule has 2 atom stereocenters. The maximum absolute atomic E-state index is 11.5. The van der Waals surface area contributed by atoms with Gasteiger partial charge in [0, 0.05) is 5.56 Å². The van der Waals surface area contributed by atoms with Gasteiger partial charge in [-0.15, -0.1) is 4.52 Å². The van der Waals surface area contributed by atoms with Crippen LogP contribution in [0.15, 0.2) is 24.3 Å². The maximum Gasteiger partial charge on any atom is 0.512 e. The fraction of sp³-hybridized carbons (Fsp3) is 0.500. The summed E-state index contributed by atoms with van der Waals surface area (Å²) < 4.78 is 21.4. The van der Waals surface area contributed by atoms with Crippen molar-refractivity contribution in [2.24, 2.45) is 0 Å². The highest BCUT2D eigenvalue weighted by Crippen LogP contribution is 2.29. The zero-order valence-electron chi connectivity index (χ0n) is 11.7. The number of hydrogen-bond acceptors (Lipinski definition) is 5. The lowest BCUT2D eigenvalue weighted by Gasteiger charge is -2.10. The Hall–Kier alpha value is -1.29. The van der Waals surface area contributed by atoms with Crippen LogP contribution in [0.1, 0.15) is 37.5 Å². The number of hydrogen-bond donors (Lipinski definition) is 1. The molecule has 1 N–H and O–H groups in total. The third kappa shape index (κ3) is 5.78. The van der Waals surface area contributed by atoms with Crippen LogP contribution in [0, 0.1) is 0 Å². The van der Waals surface area contributed by atoms with Gasteiger partial charge in [0.2, 0.25) is 6.16 Å². The van der Waals surface area contributed by atoms with Crippen molar-refractivity contribution in [2.45, 2.75) is 32.5 Å². The highest BCUT2D eigenvalue weighted by molar-refractivity contribution is 7.38. The van der Waals surface area contributed by atoms with Crippen LogP contribution in [0.5, 0.6) is 0 Å². The molecule has 0 aliphatic carbocycles. The number of aliphatic hydroxyl groups is 1. The molecule has 0 saturated carbocycles. The molecule has 0 aliphatic rings. The van der Waals surface area contributed by atoms with Gasteiger partial charge < -0.3 is 9.84 Å². The number of esters is 1. The predicted octanol–water partition coefficient (Wildman–Crippen LogP) is 2.95. The Morgan fingerprint density at radius 3 is 2.75 bits per heavy atom. The Morgan fingerprint density at radius 1 is 1.35 bits per heavy atom. The molecule has 20 heavy (non-hydrogen) atoms. The maximum atomic E-state index is 11.5. The molecule has 6 heteroatoms. The SMILES string of the molecule is CCOC(=O)C[C@@H](O)c1cccc(C[P+](=O)OCC)c1. The highest BCUT2D eigenvalue weighted by atomic mass is 31.1. The van der Waals surface area contributed by atoms with Crippen LogP contribution >= 0.6 is 8.03 Å². The number of benzene rings is 1. The minimum absolute atomic E-state index is 0.0884. The average Bonchev–Trinajstić information content (AvgIpc) is 2.39. The molecule has 0 saturated heterocycles. The van der Waals surface area contributed by atoms with Gasteiger partial charge in [-0.05, 0) is 30.0 Å². The second kappa shape index (κ2) is 8.80. The topological polar surface area (TPSA) is 72.8 Å². The standard InChI is InChI=1S/C14H20O5P/c1-3-18-14(16)9-13(15)12-7-5-6-11(8-12)10-20(17)19-4-2/h5-8,13,15H,3-4,9-10H2,1-2H3/q+1/t13-/m1/s1. The summed E-state index contributed by atoms with van der Waals surface area (Å²) in [6.45, 7) is 4.20. The molecule has 1 unspecified atom stereocenters. The van der Waals surface area contributed by atoms with Crippen LogP contribution in [0.25, 0.3) is 0 Å². The van der Waals surface area contributed by atoms with Gasteiger partial charge in [0.1, 0.15) is 0 Å². The second-order valence-corrected chi connectivity index (χ2v) is 5.42. The van der Waals surface area contributed by atoms with E-state index in [0.29, 0.717) is 24.9 Å². The molecule has 0 heterocycles. The average molecular weight is 299 g/mol. The third-order valence-corrected chi connectivity index (χ3v) is 3.76. The Labute approximate surface area is 119 Å². The molecular formula is C14H20O5P+. The first-order valence-electron chi connectivity index (χ1n) is 6.56. The summed E-state index contributed by atoms with van der Waals surface area (Å²) in [6.07, 6.45) is -0.711. The zero-order valence-corrected chi connectivity index (χ0v) is 12.6. The van der Waals surface area contributed by atoms with Crippen LogP contribution in [0.4, 0.5) is 0 Å². The van der Waals surface area contributed by atoms with Gasteiger partial charge in [0.05, 0.1) is 25.7 Å². The fourth-order valence-corrected chi connectivity index (χ4v) is 2.61. The Kier molecular flexibility index (Phi) is 7.37. The molecule has 0 aliphatic heterocycles. The summed E-state index contributed by atoms with van der Waals surface area (Å²) in [6, 6.07) is 7.03. The van der Waals surface area contributed by atoms with Crippen molar-refractivity contribution in [3.8, 4) is 0 Å². The largest absolute Gasteiger partial charge is 0.512 e. The first-order valence-corrected chi connectivity index (χ1v) is 7.93. The minimum atomic E-state index is -1.73. The molecule has 1 aromatic rings. The minimum Gasteiger partial charge on any atom is -0.466 e. The van der Waals surface area contributed by atoms with Crippen molar-refractivity contribution in [3.63, 3.8) is 0 Å². The van der Waals surface area contributed by atoms with Crippen molar-refractivity contribution >= 4 is 14.0 Å². The predicted molar refractivity (Wildman–Crippen MR) is 75.6 cm³/mol. The van der Waals surface area contributed by atoms with Gasteiger partial charge in [0.15, 0.2) is 0 Å². The van der Waals surface area contributed by atoms with E-state index in [-0.39, 0.29) is 6.42 Å². The summed E-state index contributed by atoms with van der Waals surface area (Å²) >= 11 is 0. The fourth-order valence-electron chi connectivity index (χ4n) is 1.73. The molecule has 1 rings (SSSR count). The van der Waals surface area contributed by atoms with E-state index in [0.717, 1.165) is 5.56 Å². The molecule has 0 radical (unpaired) electrons. The van der Waals surface area contributed by atoms with Crippen LogP contribution in [0.2, 0.25) is 0 Å². The van der Waals surface area contributed by atoms with E-state index in [1.54, 1.807) is 32.0 Å². The third-order valence-electron chi connectivity index (χ3n) is 2.59. The lowest BCUT2D eigenvalue weighted by molar-refractivity contribution is -0.145. The van der Waals surface area contributed by atoms with E-state index in [9.17, 15) is 14.5 Å². The van der Waals surface area contributed by atoms with Gasteiger partial charge in [-0.1, -0.05) is 18.2 Å². The molecule has 1 aromatic carbocycles. The van der Waals surface area contributed by atoms with Crippen molar-refractivity contribution in [2.75, 3.05) is 13.2 Å². The van der Waals surface area contributed by atoms with Crippen LogP contribution in [-0.4, -0.2) is 24.3 Å². The quantitative estimate of drug-likeness (QED) is 0.590. The summed E-state index contributed by atoms with van der Waals surface area (Å²) in [5, 5.41) is 9.97. The van der Waals surface area contributed by atoms with Crippen LogP contribution in [0.3, 0.4) is 0 Å². The van der Waals surface area contributed by atoms with E-state index in [4.69, 9.17) is 9.26 Å². The number of ether oxygens (including phenoxy) is 1. The van der Waals surface area contributed by atoms with E-state index in [2.05, 4.69) is 0 Å². The van der Waals surface area contributed by atoms with E-state index in [1.807, 2.05) is 6.07 Å². The molecule has 0 fully saturated rings. The second-order valence-electron chi connectivity index (χ2n) is 4.18. The number of carbonyl (C=O) groups excluding carboxylic acids is 1. The van der Waals surface area contributed by atoms with E-state index in [1.165, 1.54) is 0 Å². The van der Waals surface area contributed by atoms with Gasteiger partial charge in [-0.2, -0.15) is 0 Å². The molecular weight excluding hydrogens is 279 g/mol. The van der Waals surface area contributed by atoms with Crippen LogP contribution in [-0.2, 0) is 24.8 Å². The lowest BCUT2D eigenvalue weighted by Crippen LogP contribution is -2.10. The van der Waals surface area contributed by atoms with E-state index >= 15 is 0 Å². The van der Waals surface area contributed by atoms with Crippen molar-refractivity contribution in [3.05, 3.63) is 35.4 Å². The monoisotopic (exact) mass is 299 g/mol. The summed E-state index contributed by atoms with van der Waals surface area (Å²) in [5.41, 5.74) is 1.41. The number of aliphatic hydroxyl groups excluding tert-OH is 1. The Balaban J connectivity index is 2.67. The molecule has 5 nitrogen and oxygen atoms in total. The smallest absolute Gasteiger partial charge is 0.466 e. The first kappa shape index (κ1) is 16.8. The first-order chi connectivity index (χ1) is 9.56. The molecule has 0 aromatic heterocycles.